The van der Waals surface area contributed by atoms with Gasteiger partial charge in [-0.15, -0.1) is 6.58 Å². The molecule has 1 rings (SSSR count). The van der Waals surface area contributed by atoms with Crippen LogP contribution < -0.4 is 5.32 Å². The molecule has 0 aromatic rings. The van der Waals surface area contributed by atoms with Gasteiger partial charge in [0.05, 0.1) is 0 Å². The molecule has 9 heavy (non-hydrogen) atoms. The van der Waals surface area contributed by atoms with Gasteiger partial charge in [-0.1, -0.05) is 6.08 Å². The quantitative estimate of drug-likeness (QED) is 0.522. The molecule has 3 heteroatoms. The maximum Gasteiger partial charge on any atom is 0.407 e. The Morgan fingerprint density at radius 2 is 2.67 bits per heavy atom. The molecule has 0 saturated carbocycles. The molecule has 0 aromatic heterocycles. The van der Waals surface area contributed by atoms with E-state index >= 15 is 0 Å². The van der Waals surface area contributed by atoms with Crippen LogP contribution in [0.4, 0.5) is 4.79 Å². The Kier molecular flexibility index (Phi) is 1.72. The number of hydrogen-bond donors (Lipinski definition) is 1. The summed E-state index contributed by atoms with van der Waals surface area (Å²) < 4.78 is 4.66. The third kappa shape index (κ3) is 1.45. The fourth-order valence-corrected chi connectivity index (χ4v) is 0.658. The van der Waals surface area contributed by atoms with Gasteiger partial charge in [-0.05, 0) is 0 Å². The van der Waals surface area contributed by atoms with E-state index in [-0.39, 0.29) is 12.0 Å². The van der Waals surface area contributed by atoms with Gasteiger partial charge in [-0.25, -0.2) is 4.79 Å². The van der Waals surface area contributed by atoms with Crippen molar-refractivity contribution < 1.29 is 9.53 Å². The van der Waals surface area contributed by atoms with Crippen molar-refractivity contribution >= 4 is 6.09 Å². The Hall–Kier alpha value is -0.990. The molecular weight excluding hydrogens is 118 g/mol. The van der Waals surface area contributed by atoms with Gasteiger partial charge in [0.25, 0.3) is 0 Å². The maximum atomic E-state index is 10.4. The van der Waals surface area contributed by atoms with Crippen LogP contribution in [0.3, 0.4) is 0 Å². The fourth-order valence-electron chi connectivity index (χ4n) is 0.658. The van der Waals surface area contributed by atoms with Gasteiger partial charge in [0, 0.05) is 12.5 Å². The summed E-state index contributed by atoms with van der Waals surface area (Å²) in [5.41, 5.74) is 0. The van der Waals surface area contributed by atoms with Gasteiger partial charge >= 0.3 is 6.09 Å². The molecule has 0 bridgehead atoms. The predicted octanol–water partition coefficient (Wildman–Crippen LogP) is 0.528. The normalized spacial score (nSPS) is 26.2. The molecule has 50 valence electrons. The highest BCUT2D eigenvalue weighted by Gasteiger charge is 2.14. The van der Waals surface area contributed by atoms with E-state index in [0.29, 0.717) is 13.2 Å². The Morgan fingerprint density at radius 1 is 1.89 bits per heavy atom. The van der Waals surface area contributed by atoms with Crippen molar-refractivity contribution in [2.45, 2.75) is 0 Å². The summed E-state index contributed by atoms with van der Waals surface area (Å²) in [5, 5.41) is 2.55. The lowest BCUT2D eigenvalue weighted by Gasteiger charge is -2.18. The van der Waals surface area contributed by atoms with Gasteiger partial charge < -0.3 is 10.1 Å². The molecular formula is C6H9NO2. The van der Waals surface area contributed by atoms with Crippen LogP contribution >= 0.6 is 0 Å². The zero-order valence-corrected chi connectivity index (χ0v) is 5.09. The van der Waals surface area contributed by atoms with Crippen molar-refractivity contribution in [1.29, 1.82) is 0 Å². The summed E-state index contributed by atoms with van der Waals surface area (Å²) in [6, 6.07) is 0. The number of hydrogen-bond acceptors (Lipinski definition) is 2. The van der Waals surface area contributed by atoms with Crippen LogP contribution in [0.25, 0.3) is 0 Å². The Bertz CT molecular complexity index is 123. The van der Waals surface area contributed by atoms with E-state index in [9.17, 15) is 4.79 Å². The fraction of sp³-hybridized carbons (Fsp3) is 0.500. The molecule has 1 heterocycles. The van der Waals surface area contributed by atoms with Crippen LogP contribution in [0.1, 0.15) is 0 Å². The Balaban J connectivity index is 2.34. The maximum absolute atomic E-state index is 10.4. The average molecular weight is 127 g/mol. The van der Waals surface area contributed by atoms with E-state index in [2.05, 4.69) is 16.6 Å². The lowest BCUT2D eigenvalue weighted by molar-refractivity contribution is 0.114. The lowest BCUT2D eigenvalue weighted by Crippen LogP contribution is -2.37. The van der Waals surface area contributed by atoms with E-state index in [1.54, 1.807) is 6.08 Å². The van der Waals surface area contributed by atoms with E-state index in [1.807, 2.05) is 0 Å². The number of rotatable bonds is 1. The van der Waals surface area contributed by atoms with Crippen molar-refractivity contribution in [2.75, 3.05) is 13.2 Å². The van der Waals surface area contributed by atoms with Crippen LogP contribution in [0.5, 0.6) is 0 Å². The second-order valence-electron chi connectivity index (χ2n) is 1.98. The molecule has 1 aliphatic rings. The summed E-state index contributed by atoms with van der Waals surface area (Å²) in [5.74, 6) is 0.280. The molecule has 0 aromatic carbocycles. The minimum absolute atomic E-state index is 0.280. The monoisotopic (exact) mass is 127 g/mol. The van der Waals surface area contributed by atoms with E-state index in [4.69, 9.17) is 0 Å². The van der Waals surface area contributed by atoms with Crippen molar-refractivity contribution in [3.8, 4) is 0 Å². The van der Waals surface area contributed by atoms with Crippen molar-refractivity contribution in [3.63, 3.8) is 0 Å². The second-order valence-corrected chi connectivity index (χ2v) is 1.98. The molecule has 0 radical (unpaired) electrons. The highest BCUT2D eigenvalue weighted by Crippen LogP contribution is 2.01. The van der Waals surface area contributed by atoms with E-state index < -0.39 is 0 Å². The summed E-state index contributed by atoms with van der Waals surface area (Å²) >= 11 is 0. The molecule has 0 aliphatic carbocycles. The van der Waals surface area contributed by atoms with Crippen molar-refractivity contribution in [1.82, 2.24) is 5.32 Å². The summed E-state index contributed by atoms with van der Waals surface area (Å²) in [6.07, 6.45) is 1.45. The highest BCUT2D eigenvalue weighted by molar-refractivity contribution is 5.67. The van der Waals surface area contributed by atoms with Crippen LogP contribution in [-0.2, 0) is 4.74 Å². The zero-order valence-electron chi connectivity index (χ0n) is 5.09. The number of cyclic esters (lactones) is 1. The van der Waals surface area contributed by atoms with Gasteiger partial charge in [0.1, 0.15) is 6.61 Å². The summed E-state index contributed by atoms with van der Waals surface area (Å²) in [4.78, 5) is 10.4. The molecule has 1 fully saturated rings. The molecule has 1 N–H and O–H groups in total. The highest BCUT2D eigenvalue weighted by atomic mass is 16.6. The minimum atomic E-state index is -0.326. The Morgan fingerprint density at radius 3 is 3.11 bits per heavy atom. The average Bonchev–Trinajstić information content (AvgIpc) is 1.90. The predicted molar refractivity (Wildman–Crippen MR) is 33.0 cm³/mol. The van der Waals surface area contributed by atoms with Crippen LogP contribution in [-0.4, -0.2) is 19.2 Å². The molecule has 3 nitrogen and oxygen atoms in total. The number of nitrogens with one attached hydrogen (secondary N) is 1. The smallest absolute Gasteiger partial charge is 0.407 e. The Labute approximate surface area is 53.7 Å². The molecule has 1 amide bonds. The summed E-state index contributed by atoms with van der Waals surface area (Å²) in [7, 11) is 0. The van der Waals surface area contributed by atoms with Crippen LogP contribution in [0, 0.1) is 5.92 Å². The number of carbonyl (C=O) groups excluding carboxylic acids is 1. The minimum Gasteiger partial charge on any atom is -0.449 e. The first-order valence-electron chi connectivity index (χ1n) is 2.86. The topological polar surface area (TPSA) is 38.3 Å². The summed E-state index contributed by atoms with van der Waals surface area (Å²) in [6.45, 7) is 4.70. The van der Waals surface area contributed by atoms with E-state index in [1.165, 1.54) is 0 Å². The first-order valence-corrected chi connectivity index (χ1v) is 2.86. The van der Waals surface area contributed by atoms with Crippen molar-refractivity contribution in [2.24, 2.45) is 5.92 Å². The molecule has 0 unspecified atom stereocenters. The van der Waals surface area contributed by atoms with Gasteiger partial charge in [-0.3, -0.25) is 0 Å². The third-order valence-corrected chi connectivity index (χ3v) is 1.27. The van der Waals surface area contributed by atoms with Gasteiger partial charge in [0.15, 0.2) is 0 Å². The molecule has 1 atom stereocenters. The largest absolute Gasteiger partial charge is 0.449 e. The van der Waals surface area contributed by atoms with Crippen molar-refractivity contribution in [3.05, 3.63) is 12.7 Å². The molecule has 0 spiro atoms. The first kappa shape index (κ1) is 6.13. The zero-order chi connectivity index (χ0) is 6.69. The van der Waals surface area contributed by atoms with Gasteiger partial charge in [-0.2, -0.15) is 0 Å². The molecule has 1 aliphatic heterocycles. The third-order valence-electron chi connectivity index (χ3n) is 1.27. The SMILES string of the molecule is C=C[C@@H]1CNC(=O)OC1. The number of alkyl carbamates (subject to hydrolysis) is 1. The van der Waals surface area contributed by atoms with Gasteiger partial charge in [0.2, 0.25) is 0 Å². The number of ether oxygens (including phenoxy) is 1. The first-order chi connectivity index (χ1) is 4.33. The number of carbonyl (C=O) groups is 1. The molecule has 1 saturated heterocycles. The second kappa shape index (κ2) is 2.53. The standard InChI is InChI=1S/C6H9NO2/c1-2-5-3-7-6(8)9-4-5/h2,5H,1,3-4H2,(H,7,8)/t5-/m1/s1. The van der Waals surface area contributed by atoms with Crippen LogP contribution in [0.2, 0.25) is 0 Å². The van der Waals surface area contributed by atoms with Crippen LogP contribution in [0.15, 0.2) is 12.7 Å². The van der Waals surface area contributed by atoms with E-state index in [0.717, 1.165) is 0 Å². The lowest BCUT2D eigenvalue weighted by atomic mass is 10.1. The number of amides is 1.